The third-order valence-electron chi connectivity index (χ3n) is 5.85. The number of carbonyl (C=O) groups excluding carboxylic acids is 1. The van der Waals surface area contributed by atoms with Crippen LogP contribution in [0.1, 0.15) is 45.4 Å². The number of fused-ring (bicyclic) bond motifs is 2. The maximum atomic E-state index is 13.0. The second-order valence-electron chi connectivity index (χ2n) is 6.85. The Morgan fingerprint density at radius 2 is 1.82 bits per heavy atom. The fourth-order valence-electron chi connectivity index (χ4n) is 4.63. The normalized spacial score (nSPS) is 34.7. The maximum Gasteiger partial charge on any atom is 0.226 e. The molecule has 3 aliphatic rings. The third kappa shape index (κ3) is 3.72. The zero-order valence-electron chi connectivity index (χ0n) is 13.6. The van der Waals surface area contributed by atoms with E-state index in [2.05, 4.69) is 16.7 Å². The Bertz CT molecular complexity index is 369. The monoisotopic (exact) mass is 351 g/mol. The van der Waals surface area contributed by atoms with E-state index in [0.717, 1.165) is 38.9 Å². The van der Waals surface area contributed by atoms with Crippen molar-refractivity contribution < 1.29 is 4.79 Å². The van der Waals surface area contributed by atoms with Crippen LogP contribution < -0.4 is 5.73 Å². The number of carbonyl (C=O) groups is 1. The van der Waals surface area contributed by atoms with Crippen molar-refractivity contribution in [2.75, 3.05) is 26.2 Å². The minimum Gasteiger partial charge on any atom is -0.335 e. The number of hydrogen-bond acceptors (Lipinski definition) is 3. The van der Waals surface area contributed by atoms with Gasteiger partial charge in [0.25, 0.3) is 0 Å². The Labute approximate surface area is 147 Å². The standard InChI is InChI=1S/C16H29N3O.2ClH/c1-2-18-9-8-13-6-7-14(11-18)19(13)16(20)15-5-3-4-12(15)10-17;;/h12-15H,2-11,17H2,1H3;2*1H/t12-,13?,14?,15-;;/m1../s1. The number of rotatable bonds is 3. The summed E-state index contributed by atoms with van der Waals surface area (Å²) in [6, 6.07) is 0.969. The van der Waals surface area contributed by atoms with Gasteiger partial charge < -0.3 is 15.5 Å². The lowest BCUT2D eigenvalue weighted by Gasteiger charge is -2.32. The van der Waals surface area contributed by atoms with Crippen molar-refractivity contribution in [3.8, 4) is 0 Å². The van der Waals surface area contributed by atoms with E-state index in [-0.39, 0.29) is 30.7 Å². The number of hydrogen-bond donors (Lipinski definition) is 1. The number of amides is 1. The van der Waals surface area contributed by atoms with Crippen molar-refractivity contribution in [2.45, 2.75) is 57.5 Å². The molecule has 0 aromatic carbocycles. The van der Waals surface area contributed by atoms with Crippen molar-refractivity contribution in [2.24, 2.45) is 17.6 Å². The molecule has 2 saturated heterocycles. The lowest BCUT2D eigenvalue weighted by atomic mass is 9.94. The van der Waals surface area contributed by atoms with Gasteiger partial charge in [-0.1, -0.05) is 13.3 Å². The van der Waals surface area contributed by atoms with Gasteiger partial charge in [0, 0.05) is 31.1 Å². The van der Waals surface area contributed by atoms with Gasteiger partial charge in [0.2, 0.25) is 5.91 Å². The Morgan fingerprint density at radius 3 is 2.50 bits per heavy atom. The second kappa shape index (κ2) is 8.72. The lowest BCUT2D eigenvalue weighted by molar-refractivity contribution is -0.139. The Morgan fingerprint density at radius 1 is 1.09 bits per heavy atom. The van der Waals surface area contributed by atoms with Gasteiger partial charge in [-0.25, -0.2) is 0 Å². The van der Waals surface area contributed by atoms with Crippen molar-refractivity contribution in [1.29, 1.82) is 0 Å². The van der Waals surface area contributed by atoms with Crippen molar-refractivity contribution in [1.82, 2.24) is 9.80 Å². The van der Waals surface area contributed by atoms with Gasteiger partial charge in [-0.15, -0.1) is 24.8 Å². The summed E-state index contributed by atoms with van der Waals surface area (Å²) >= 11 is 0. The molecule has 2 unspecified atom stereocenters. The van der Waals surface area contributed by atoms with Gasteiger partial charge in [0.15, 0.2) is 0 Å². The predicted molar refractivity (Wildman–Crippen MR) is 94.8 cm³/mol. The Kier molecular flexibility index (Phi) is 7.93. The molecule has 3 rings (SSSR count). The lowest BCUT2D eigenvalue weighted by Crippen LogP contribution is -2.47. The highest BCUT2D eigenvalue weighted by Crippen LogP contribution is 2.37. The van der Waals surface area contributed by atoms with Crippen LogP contribution in [0.2, 0.25) is 0 Å². The first-order valence-electron chi connectivity index (χ1n) is 8.49. The minimum atomic E-state index is 0. The molecule has 0 aromatic heterocycles. The molecule has 0 radical (unpaired) electrons. The summed E-state index contributed by atoms with van der Waals surface area (Å²) in [4.78, 5) is 17.8. The summed E-state index contributed by atoms with van der Waals surface area (Å²) in [6.45, 7) is 6.26. The first kappa shape index (κ1) is 20.0. The van der Waals surface area contributed by atoms with Crippen LogP contribution in [0.15, 0.2) is 0 Å². The van der Waals surface area contributed by atoms with E-state index in [9.17, 15) is 4.79 Å². The molecule has 2 aliphatic heterocycles. The topological polar surface area (TPSA) is 49.6 Å². The van der Waals surface area contributed by atoms with Crippen molar-refractivity contribution >= 4 is 30.7 Å². The maximum absolute atomic E-state index is 13.0. The van der Waals surface area contributed by atoms with E-state index in [1.54, 1.807) is 0 Å². The second-order valence-corrected chi connectivity index (χ2v) is 6.85. The number of likely N-dealkylation sites (tertiary alicyclic amines) is 1. The van der Waals surface area contributed by atoms with E-state index in [0.29, 0.717) is 30.5 Å². The smallest absolute Gasteiger partial charge is 0.226 e. The molecule has 1 amide bonds. The van der Waals surface area contributed by atoms with Crippen LogP contribution >= 0.6 is 24.8 Å². The molecule has 0 aromatic rings. The Balaban J connectivity index is 0.00000121. The van der Waals surface area contributed by atoms with E-state index in [4.69, 9.17) is 5.73 Å². The summed E-state index contributed by atoms with van der Waals surface area (Å²) in [5.41, 5.74) is 5.87. The first-order chi connectivity index (χ1) is 9.74. The Hall–Kier alpha value is -0.0300. The molecule has 0 spiro atoms. The van der Waals surface area contributed by atoms with Gasteiger partial charge in [-0.2, -0.15) is 0 Å². The molecule has 22 heavy (non-hydrogen) atoms. The molecular formula is C16H31Cl2N3O. The third-order valence-corrected chi connectivity index (χ3v) is 5.85. The van der Waals surface area contributed by atoms with Gasteiger partial charge >= 0.3 is 0 Å². The molecule has 4 nitrogen and oxygen atoms in total. The summed E-state index contributed by atoms with van der Waals surface area (Å²) in [5.74, 6) is 1.09. The average Bonchev–Trinajstić information content (AvgIpc) is 3.02. The molecule has 2 heterocycles. The van der Waals surface area contributed by atoms with Gasteiger partial charge in [0.05, 0.1) is 0 Å². The van der Waals surface area contributed by atoms with E-state index in [1.165, 1.54) is 19.3 Å². The van der Waals surface area contributed by atoms with Crippen molar-refractivity contribution in [3.63, 3.8) is 0 Å². The van der Waals surface area contributed by atoms with E-state index in [1.807, 2.05) is 0 Å². The van der Waals surface area contributed by atoms with Gasteiger partial charge in [0.1, 0.15) is 0 Å². The largest absolute Gasteiger partial charge is 0.335 e. The molecule has 1 aliphatic carbocycles. The molecule has 4 atom stereocenters. The number of nitrogens with two attached hydrogens (primary N) is 1. The molecule has 1 saturated carbocycles. The van der Waals surface area contributed by atoms with Gasteiger partial charge in [-0.05, 0) is 51.1 Å². The van der Waals surface area contributed by atoms with Crippen LogP contribution in [0, 0.1) is 11.8 Å². The fraction of sp³-hybridized carbons (Fsp3) is 0.938. The van der Waals surface area contributed by atoms with Crippen LogP contribution in [-0.4, -0.2) is 54.0 Å². The summed E-state index contributed by atoms with van der Waals surface area (Å²) in [5, 5.41) is 0. The number of halogens is 2. The summed E-state index contributed by atoms with van der Waals surface area (Å²) in [7, 11) is 0. The van der Waals surface area contributed by atoms with Crippen LogP contribution in [0.5, 0.6) is 0 Å². The number of likely N-dealkylation sites (N-methyl/N-ethyl adjacent to an activating group) is 1. The highest BCUT2D eigenvalue weighted by atomic mass is 35.5. The van der Waals surface area contributed by atoms with Crippen LogP contribution in [0.4, 0.5) is 0 Å². The summed E-state index contributed by atoms with van der Waals surface area (Å²) < 4.78 is 0. The summed E-state index contributed by atoms with van der Waals surface area (Å²) in [6.07, 6.45) is 6.98. The molecule has 130 valence electrons. The van der Waals surface area contributed by atoms with Crippen LogP contribution in [-0.2, 0) is 4.79 Å². The first-order valence-corrected chi connectivity index (χ1v) is 8.49. The highest BCUT2D eigenvalue weighted by Gasteiger charge is 2.44. The number of nitrogens with zero attached hydrogens (tertiary/aromatic N) is 2. The van der Waals surface area contributed by atoms with Crippen molar-refractivity contribution in [3.05, 3.63) is 0 Å². The van der Waals surface area contributed by atoms with Crippen LogP contribution in [0.3, 0.4) is 0 Å². The average molecular weight is 352 g/mol. The molecule has 3 fully saturated rings. The SMILES string of the molecule is CCN1CCC2CCC(C1)N2C(=O)[C@@H]1CCC[C@@H]1CN.Cl.Cl. The zero-order chi connectivity index (χ0) is 14.1. The van der Waals surface area contributed by atoms with E-state index >= 15 is 0 Å². The van der Waals surface area contributed by atoms with E-state index < -0.39 is 0 Å². The highest BCUT2D eigenvalue weighted by molar-refractivity contribution is 5.85. The zero-order valence-corrected chi connectivity index (χ0v) is 15.2. The molecule has 2 bridgehead atoms. The molecule has 2 N–H and O–H groups in total. The molecule has 6 heteroatoms. The van der Waals surface area contributed by atoms with Gasteiger partial charge in [-0.3, -0.25) is 4.79 Å². The molecular weight excluding hydrogens is 321 g/mol. The van der Waals surface area contributed by atoms with Crippen LogP contribution in [0.25, 0.3) is 0 Å². The quantitative estimate of drug-likeness (QED) is 0.848. The fourth-order valence-corrected chi connectivity index (χ4v) is 4.63. The minimum absolute atomic E-state index is 0. The predicted octanol–water partition coefficient (Wildman–Crippen LogP) is 2.29.